The molecule has 202 valence electrons. The molecule has 43 heavy (non-hydrogen) atoms. The summed E-state index contributed by atoms with van der Waals surface area (Å²) in [7, 11) is 0. The molecule has 8 aromatic rings. The van der Waals surface area contributed by atoms with E-state index in [0.717, 1.165) is 11.1 Å². The molecule has 0 atom stereocenters. The fourth-order valence-corrected chi connectivity index (χ4v) is 4.99. The monoisotopic (exact) mass is 562 g/mol. The van der Waals surface area contributed by atoms with E-state index in [0.29, 0.717) is 11.1 Å². The Bertz CT molecular complexity index is 2820. The zero-order valence-corrected chi connectivity index (χ0v) is 22.3. The Morgan fingerprint density at radius 1 is 0.442 bits per heavy atom. The van der Waals surface area contributed by atoms with Crippen LogP contribution in [0, 0.1) is 0 Å². The molecule has 8 rings (SSSR count). The van der Waals surface area contributed by atoms with Gasteiger partial charge in [0.05, 0.1) is 15.1 Å². The Kier molecular flexibility index (Phi) is 3.90. The largest absolute Gasteiger partial charge is 0.456 e. The molecule has 0 aliphatic heterocycles. The van der Waals surface area contributed by atoms with Gasteiger partial charge in [-0.3, -0.25) is 0 Å². The standard InChI is InChI=1S/C39H25N3O/c1-4-13-26(14-5-1)30-19-10-11-20-32(30)39-41-37(28-17-8-3-9-18-28)40-38(42-39)29-23-24-33-35(25-29)43-34-22-12-21-31(36(33)34)27-15-6-2-7-16-27/h1-25H/i2D,6D,7D,12D,15D,16D,21D,22D,23D,24D,25D. The molecule has 6 aromatic carbocycles. The average Bonchev–Trinajstić information content (AvgIpc) is 3.60. The van der Waals surface area contributed by atoms with E-state index < -0.39 is 72.0 Å². The molecule has 0 bridgehead atoms. The molecule has 2 aromatic heterocycles. The molecule has 0 amide bonds. The van der Waals surface area contributed by atoms with Crippen LogP contribution >= 0.6 is 0 Å². The van der Waals surface area contributed by atoms with Gasteiger partial charge in [0.1, 0.15) is 11.2 Å². The van der Waals surface area contributed by atoms with Crippen molar-refractivity contribution in [3.63, 3.8) is 0 Å². The lowest BCUT2D eigenvalue weighted by Gasteiger charge is -2.12. The number of aromatic nitrogens is 3. The number of fused-ring (bicyclic) bond motifs is 3. The molecule has 0 saturated carbocycles. The van der Waals surface area contributed by atoms with Crippen molar-refractivity contribution in [1.29, 1.82) is 0 Å². The fraction of sp³-hybridized carbons (Fsp3) is 0. The van der Waals surface area contributed by atoms with Gasteiger partial charge in [0.15, 0.2) is 17.5 Å². The molecule has 0 unspecified atom stereocenters. The molecular formula is C39H25N3O. The third kappa shape index (κ3) is 4.55. The summed E-state index contributed by atoms with van der Waals surface area (Å²) in [5.41, 5.74) is 1.41. The van der Waals surface area contributed by atoms with Gasteiger partial charge in [-0.05, 0) is 40.4 Å². The summed E-state index contributed by atoms with van der Waals surface area (Å²) < 4.78 is 102. The van der Waals surface area contributed by atoms with Crippen LogP contribution < -0.4 is 0 Å². The zero-order chi connectivity index (χ0) is 38.2. The molecule has 2 heterocycles. The molecular weight excluding hydrogens is 526 g/mol. The number of rotatable bonds is 5. The Labute approximate surface area is 264 Å². The van der Waals surface area contributed by atoms with Crippen molar-refractivity contribution in [3.8, 4) is 56.4 Å². The Morgan fingerprint density at radius 2 is 1.09 bits per heavy atom. The Balaban J connectivity index is 1.46. The van der Waals surface area contributed by atoms with Gasteiger partial charge in [-0.1, -0.05) is 133 Å². The van der Waals surface area contributed by atoms with E-state index in [2.05, 4.69) is 0 Å². The van der Waals surface area contributed by atoms with Crippen molar-refractivity contribution < 1.29 is 19.5 Å². The molecule has 4 nitrogen and oxygen atoms in total. The van der Waals surface area contributed by atoms with Gasteiger partial charge in [0.25, 0.3) is 0 Å². The van der Waals surface area contributed by atoms with E-state index in [9.17, 15) is 4.11 Å². The van der Waals surface area contributed by atoms with E-state index in [1.165, 1.54) is 0 Å². The van der Waals surface area contributed by atoms with Gasteiger partial charge in [-0.25, -0.2) is 15.0 Å². The highest BCUT2D eigenvalue weighted by Crippen LogP contribution is 2.38. The predicted octanol–water partition coefficient (Wildman–Crippen LogP) is 10.1. The van der Waals surface area contributed by atoms with E-state index in [4.69, 9.17) is 30.3 Å². The fourth-order valence-electron chi connectivity index (χ4n) is 4.99. The normalized spacial score (nSPS) is 14.8. The number of hydrogen-bond donors (Lipinski definition) is 0. The first-order chi connectivity index (χ1) is 25.9. The quantitative estimate of drug-likeness (QED) is 0.209. The first kappa shape index (κ1) is 15.9. The second kappa shape index (κ2) is 10.5. The van der Waals surface area contributed by atoms with E-state index >= 15 is 0 Å². The molecule has 0 N–H and O–H groups in total. The summed E-state index contributed by atoms with van der Waals surface area (Å²) in [6.45, 7) is 0. The van der Waals surface area contributed by atoms with Gasteiger partial charge in [0, 0.05) is 27.5 Å². The second-order valence-corrected chi connectivity index (χ2v) is 9.59. The number of benzene rings is 6. The van der Waals surface area contributed by atoms with Gasteiger partial charge < -0.3 is 4.42 Å². The van der Waals surface area contributed by atoms with Gasteiger partial charge in [-0.15, -0.1) is 0 Å². The Hall–Kier alpha value is -5.87. The molecule has 0 fully saturated rings. The summed E-state index contributed by atoms with van der Waals surface area (Å²) >= 11 is 0. The van der Waals surface area contributed by atoms with Crippen molar-refractivity contribution in [2.75, 3.05) is 0 Å². The summed E-state index contributed by atoms with van der Waals surface area (Å²) in [5.74, 6) is 0.373. The van der Waals surface area contributed by atoms with Crippen molar-refractivity contribution in [1.82, 2.24) is 15.0 Å². The highest BCUT2D eigenvalue weighted by Gasteiger charge is 2.18. The minimum atomic E-state index is -0.683. The minimum absolute atomic E-state index is 0.105. The second-order valence-electron chi connectivity index (χ2n) is 9.59. The summed E-state index contributed by atoms with van der Waals surface area (Å²) in [4.78, 5) is 14.3. The third-order valence-corrected chi connectivity index (χ3v) is 6.97. The summed E-state index contributed by atoms with van der Waals surface area (Å²) in [5, 5.41) is -0.384. The van der Waals surface area contributed by atoms with Crippen LogP contribution in [0.25, 0.3) is 78.4 Å². The average molecular weight is 563 g/mol. The lowest BCUT2D eigenvalue weighted by molar-refractivity contribution is 0.669. The highest BCUT2D eigenvalue weighted by molar-refractivity contribution is 6.13. The SMILES string of the molecule is [2H]c1c([2H])c([2H])c(-c2c([2H])c([2H])c([2H])c3oc4c([2H])c(-c5nc(-c6ccccc6)nc(-c6ccccc6-c6ccccc6)n5)c([2H])c([2H])c4c23)c([2H])c1[2H]. The van der Waals surface area contributed by atoms with Crippen LogP contribution in [0.3, 0.4) is 0 Å². The minimum Gasteiger partial charge on any atom is -0.456 e. The van der Waals surface area contributed by atoms with E-state index in [1.54, 1.807) is 12.1 Å². The van der Waals surface area contributed by atoms with Crippen molar-refractivity contribution in [2.24, 2.45) is 0 Å². The molecule has 0 spiro atoms. The van der Waals surface area contributed by atoms with Gasteiger partial charge in [0.2, 0.25) is 0 Å². The number of nitrogens with zero attached hydrogens (tertiary/aromatic N) is 3. The maximum atomic E-state index is 9.40. The van der Waals surface area contributed by atoms with E-state index in [-0.39, 0.29) is 50.5 Å². The van der Waals surface area contributed by atoms with E-state index in [1.807, 2.05) is 72.8 Å². The maximum absolute atomic E-state index is 9.40. The Morgan fingerprint density at radius 3 is 1.86 bits per heavy atom. The van der Waals surface area contributed by atoms with Crippen LogP contribution in [0.4, 0.5) is 0 Å². The molecule has 0 saturated heterocycles. The molecule has 0 aliphatic rings. The van der Waals surface area contributed by atoms with Crippen molar-refractivity contribution in [2.45, 2.75) is 0 Å². The molecule has 0 radical (unpaired) electrons. The van der Waals surface area contributed by atoms with Crippen LogP contribution in [-0.2, 0) is 0 Å². The smallest absolute Gasteiger partial charge is 0.164 e. The number of furan rings is 1. The first-order valence-electron chi connectivity index (χ1n) is 18.9. The van der Waals surface area contributed by atoms with Crippen LogP contribution in [0.2, 0.25) is 0 Å². The lowest BCUT2D eigenvalue weighted by atomic mass is 9.98. The lowest BCUT2D eigenvalue weighted by Crippen LogP contribution is -2.01. The first-order valence-corrected chi connectivity index (χ1v) is 13.4. The summed E-state index contributed by atoms with van der Waals surface area (Å²) in [6.07, 6.45) is 0. The van der Waals surface area contributed by atoms with Gasteiger partial charge in [-0.2, -0.15) is 0 Å². The summed E-state index contributed by atoms with van der Waals surface area (Å²) in [6, 6.07) is 19.6. The molecule has 0 aliphatic carbocycles. The van der Waals surface area contributed by atoms with Crippen molar-refractivity contribution >= 4 is 21.9 Å². The predicted molar refractivity (Wildman–Crippen MR) is 174 cm³/mol. The van der Waals surface area contributed by atoms with Crippen LogP contribution in [0.15, 0.2) is 156 Å². The highest BCUT2D eigenvalue weighted by atomic mass is 16.3. The topological polar surface area (TPSA) is 51.8 Å². The van der Waals surface area contributed by atoms with Crippen LogP contribution in [0.5, 0.6) is 0 Å². The molecule has 4 heteroatoms. The maximum Gasteiger partial charge on any atom is 0.164 e. The van der Waals surface area contributed by atoms with Crippen LogP contribution in [-0.4, -0.2) is 15.0 Å². The zero-order valence-electron chi connectivity index (χ0n) is 33.3. The number of hydrogen-bond acceptors (Lipinski definition) is 4. The van der Waals surface area contributed by atoms with Crippen molar-refractivity contribution in [3.05, 3.63) is 151 Å². The third-order valence-electron chi connectivity index (χ3n) is 6.97. The van der Waals surface area contributed by atoms with Gasteiger partial charge >= 0.3 is 0 Å². The van der Waals surface area contributed by atoms with Crippen LogP contribution in [0.1, 0.15) is 15.1 Å².